The van der Waals surface area contributed by atoms with Crippen molar-refractivity contribution in [1.82, 2.24) is 0 Å². The average molecular weight is 280 g/mol. The Bertz CT molecular complexity index is 604. The van der Waals surface area contributed by atoms with Gasteiger partial charge in [-0.3, -0.25) is 0 Å². The third-order valence-corrected chi connectivity index (χ3v) is 5.66. The maximum atomic E-state index is 12.6. The number of ether oxygens (including phenoxy) is 2. The van der Waals surface area contributed by atoms with Crippen LogP contribution < -0.4 is 0 Å². The van der Waals surface area contributed by atoms with Gasteiger partial charge in [-0.1, -0.05) is 18.2 Å². The van der Waals surface area contributed by atoms with Crippen LogP contribution in [0.5, 0.6) is 0 Å². The van der Waals surface area contributed by atoms with Crippen LogP contribution in [0.1, 0.15) is 19.8 Å². The normalized spacial score (nSPS) is 27.0. The smallest absolute Gasteiger partial charge is 0.206 e. The lowest BCUT2D eigenvalue weighted by atomic mass is 10.0. The van der Waals surface area contributed by atoms with Gasteiger partial charge in [0.2, 0.25) is 16.1 Å². The molecule has 1 aromatic carbocycles. The zero-order valence-corrected chi connectivity index (χ0v) is 11.5. The van der Waals surface area contributed by atoms with Crippen LogP contribution >= 0.6 is 0 Å². The highest BCUT2D eigenvalue weighted by Gasteiger charge is 2.39. The minimum atomic E-state index is -3.45. The van der Waals surface area contributed by atoms with Crippen LogP contribution in [0.3, 0.4) is 0 Å². The van der Waals surface area contributed by atoms with Gasteiger partial charge in [0.1, 0.15) is 5.76 Å². The second-order valence-corrected chi connectivity index (χ2v) is 6.88. The molecular weight excluding hydrogens is 264 g/mol. The second-order valence-electron chi connectivity index (χ2n) is 4.91. The molecule has 0 bridgehead atoms. The van der Waals surface area contributed by atoms with E-state index in [-0.39, 0.29) is 12.2 Å². The molecule has 0 aromatic heterocycles. The van der Waals surface area contributed by atoms with Crippen LogP contribution in [0.2, 0.25) is 0 Å². The molecule has 0 unspecified atom stereocenters. The average Bonchev–Trinajstić information content (AvgIpc) is 2.85. The molecule has 2 heterocycles. The Kier molecular flexibility index (Phi) is 3.11. The van der Waals surface area contributed by atoms with Gasteiger partial charge >= 0.3 is 0 Å². The molecular formula is C14H16O4S. The fraction of sp³-hybridized carbons (Fsp3) is 0.429. The number of hydrogen-bond donors (Lipinski definition) is 0. The van der Waals surface area contributed by atoms with Gasteiger partial charge in [-0.25, -0.2) is 8.42 Å². The maximum Gasteiger partial charge on any atom is 0.206 e. The molecule has 0 aliphatic carbocycles. The molecule has 0 amide bonds. The number of fused-ring (bicyclic) bond motifs is 1. The van der Waals surface area contributed by atoms with Crippen molar-refractivity contribution in [3.05, 3.63) is 41.0 Å². The van der Waals surface area contributed by atoms with Crippen LogP contribution in [0, 0.1) is 5.92 Å². The van der Waals surface area contributed by atoms with Crippen molar-refractivity contribution >= 4 is 9.84 Å². The van der Waals surface area contributed by atoms with E-state index in [1.165, 1.54) is 0 Å². The number of hydrogen-bond acceptors (Lipinski definition) is 4. The first-order valence-electron chi connectivity index (χ1n) is 6.37. The molecule has 3 rings (SSSR count). The summed E-state index contributed by atoms with van der Waals surface area (Å²) in [6, 6.07) is 8.50. The van der Waals surface area contributed by atoms with Crippen LogP contribution in [0.25, 0.3) is 0 Å². The van der Waals surface area contributed by atoms with E-state index in [1.54, 1.807) is 37.3 Å². The molecule has 0 radical (unpaired) electrons. The van der Waals surface area contributed by atoms with E-state index in [4.69, 9.17) is 9.47 Å². The molecule has 4 nitrogen and oxygen atoms in total. The van der Waals surface area contributed by atoms with E-state index in [1.807, 2.05) is 0 Å². The Morgan fingerprint density at radius 2 is 1.95 bits per heavy atom. The van der Waals surface area contributed by atoms with Crippen LogP contribution in [0.15, 0.2) is 45.9 Å². The zero-order valence-electron chi connectivity index (χ0n) is 10.7. The predicted octanol–water partition coefficient (Wildman–Crippen LogP) is 2.47. The van der Waals surface area contributed by atoms with E-state index in [9.17, 15) is 8.42 Å². The molecule has 1 saturated heterocycles. The van der Waals surface area contributed by atoms with E-state index >= 15 is 0 Å². The number of rotatable bonds is 2. The molecule has 5 heteroatoms. The van der Waals surface area contributed by atoms with E-state index in [0.717, 1.165) is 6.42 Å². The minimum Gasteiger partial charge on any atom is -0.468 e. The van der Waals surface area contributed by atoms with Crippen LogP contribution in [-0.2, 0) is 19.3 Å². The number of allylic oxidation sites excluding steroid dienone is 2. The fourth-order valence-electron chi connectivity index (χ4n) is 2.60. The van der Waals surface area contributed by atoms with Gasteiger partial charge in [0, 0.05) is 5.92 Å². The van der Waals surface area contributed by atoms with Crippen molar-refractivity contribution in [1.29, 1.82) is 0 Å². The van der Waals surface area contributed by atoms with Gasteiger partial charge in [0.15, 0.2) is 0 Å². The fourth-order valence-corrected chi connectivity index (χ4v) is 4.26. The molecule has 1 aromatic rings. The summed E-state index contributed by atoms with van der Waals surface area (Å²) in [4.78, 5) is 0.718. The first-order valence-corrected chi connectivity index (χ1v) is 7.85. The molecule has 2 atom stereocenters. The van der Waals surface area contributed by atoms with E-state index in [2.05, 4.69) is 0 Å². The topological polar surface area (TPSA) is 52.6 Å². The Balaban J connectivity index is 1.99. The summed E-state index contributed by atoms with van der Waals surface area (Å²) in [6.07, 6.45) is 1.09. The lowest BCUT2D eigenvalue weighted by Crippen LogP contribution is -2.27. The highest BCUT2D eigenvalue weighted by atomic mass is 32.2. The lowest BCUT2D eigenvalue weighted by Gasteiger charge is -2.28. The zero-order chi connectivity index (χ0) is 13.5. The molecule has 2 aliphatic rings. The molecule has 19 heavy (non-hydrogen) atoms. The van der Waals surface area contributed by atoms with Crippen LogP contribution in [0.4, 0.5) is 0 Å². The minimum absolute atomic E-state index is 0.150. The summed E-state index contributed by atoms with van der Waals surface area (Å²) in [5.74, 6) is 0.615. The Labute approximate surface area is 113 Å². The standard InChI is InChI=1S/C14H16O4S/c1-10-13(9-11-7-8-17-14(11)18-10)19(15,16)12-5-3-2-4-6-12/h2-6,11,14H,7-9H2,1H3/t11-,14+/m0/s1. The number of benzene rings is 1. The summed E-state index contributed by atoms with van der Waals surface area (Å²) < 4.78 is 36.3. The lowest BCUT2D eigenvalue weighted by molar-refractivity contribution is -0.109. The second kappa shape index (κ2) is 4.65. The summed E-state index contributed by atoms with van der Waals surface area (Å²) in [5.41, 5.74) is 0. The Hall–Kier alpha value is -1.33. The quantitative estimate of drug-likeness (QED) is 0.835. The summed E-state index contributed by atoms with van der Waals surface area (Å²) in [6.45, 7) is 2.34. The third kappa shape index (κ3) is 2.17. The van der Waals surface area contributed by atoms with Gasteiger partial charge in [0.05, 0.1) is 16.4 Å². The van der Waals surface area contributed by atoms with Crippen molar-refractivity contribution in [2.24, 2.45) is 5.92 Å². The molecule has 1 fully saturated rings. The van der Waals surface area contributed by atoms with Gasteiger partial charge in [-0.15, -0.1) is 0 Å². The summed E-state index contributed by atoms with van der Waals surface area (Å²) >= 11 is 0. The van der Waals surface area contributed by atoms with E-state index in [0.29, 0.717) is 28.6 Å². The number of sulfone groups is 1. The summed E-state index contributed by atoms with van der Waals surface area (Å²) in [7, 11) is -3.45. The Morgan fingerprint density at radius 1 is 1.21 bits per heavy atom. The van der Waals surface area contributed by atoms with Gasteiger partial charge in [-0.05, 0) is 31.9 Å². The molecule has 2 aliphatic heterocycles. The predicted molar refractivity (Wildman–Crippen MR) is 69.9 cm³/mol. The first kappa shape index (κ1) is 12.7. The Morgan fingerprint density at radius 3 is 2.68 bits per heavy atom. The van der Waals surface area contributed by atoms with Crippen molar-refractivity contribution in [3.8, 4) is 0 Å². The van der Waals surface area contributed by atoms with Crippen LogP contribution in [-0.4, -0.2) is 21.3 Å². The maximum absolute atomic E-state index is 12.6. The molecule has 102 valence electrons. The monoisotopic (exact) mass is 280 g/mol. The molecule has 0 spiro atoms. The van der Waals surface area contributed by atoms with Gasteiger partial charge in [0.25, 0.3) is 0 Å². The van der Waals surface area contributed by atoms with Crippen molar-refractivity contribution in [3.63, 3.8) is 0 Å². The largest absolute Gasteiger partial charge is 0.468 e. The van der Waals surface area contributed by atoms with Crippen molar-refractivity contribution in [2.75, 3.05) is 6.61 Å². The third-order valence-electron chi connectivity index (χ3n) is 3.67. The van der Waals surface area contributed by atoms with E-state index < -0.39 is 9.84 Å². The molecule has 0 N–H and O–H groups in total. The first-order chi connectivity index (χ1) is 9.09. The highest BCUT2D eigenvalue weighted by Crippen LogP contribution is 2.39. The van der Waals surface area contributed by atoms with Gasteiger partial charge in [-0.2, -0.15) is 0 Å². The highest BCUT2D eigenvalue weighted by molar-refractivity contribution is 7.95. The van der Waals surface area contributed by atoms with Crippen molar-refractivity contribution < 1.29 is 17.9 Å². The van der Waals surface area contributed by atoms with Crippen molar-refractivity contribution in [2.45, 2.75) is 31.0 Å². The molecule has 0 saturated carbocycles. The SMILES string of the molecule is CC1=C(S(=O)(=O)c2ccccc2)C[C@@H]2CCO[C@@H]2O1. The van der Waals surface area contributed by atoms with Gasteiger partial charge < -0.3 is 9.47 Å². The summed E-state index contributed by atoms with van der Waals surface area (Å²) in [5, 5.41) is 0.